The summed E-state index contributed by atoms with van der Waals surface area (Å²) in [4.78, 5) is 0. The average Bonchev–Trinajstić information content (AvgIpc) is 2.90. The van der Waals surface area contributed by atoms with Gasteiger partial charge < -0.3 is 0 Å². The summed E-state index contributed by atoms with van der Waals surface area (Å²) in [5.41, 5.74) is 1.79. The lowest BCUT2D eigenvalue weighted by atomic mass is 10.3. The van der Waals surface area contributed by atoms with E-state index in [-0.39, 0.29) is 0 Å². The maximum absolute atomic E-state index is 4.39. The number of hydrogen-bond acceptors (Lipinski definition) is 2. The largest absolute Gasteiger partial charge is 0.248 e. The lowest BCUT2D eigenvalue weighted by molar-refractivity contribution is 0.877. The standard InChI is InChI=1S/C12H14N4/c1-11(13-15-7-3-4-8-15)12(2)14-16-9-5-6-10-16/h3-10H,1-2H3/b13-11+,14-12+. The maximum atomic E-state index is 4.39. The fourth-order valence-corrected chi connectivity index (χ4v) is 1.28. The van der Waals surface area contributed by atoms with Gasteiger partial charge in [0.05, 0.1) is 11.4 Å². The van der Waals surface area contributed by atoms with E-state index in [1.54, 1.807) is 9.35 Å². The highest BCUT2D eigenvalue weighted by Gasteiger charge is 1.97. The molecule has 0 spiro atoms. The monoisotopic (exact) mass is 214 g/mol. The quantitative estimate of drug-likeness (QED) is 0.703. The van der Waals surface area contributed by atoms with Crippen LogP contribution in [0.2, 0.25) is 0 Å². The van der Waals surface area contributed by atoms with Crippen molar-refractivity contribution in [3.8, 4) is 0 Å². The molecule has 0 unspecified atom stereocenters. The van der Waals surface area contributed by atoms with Gasteiger partial charge in [-0.1, -0.05) is 0 Å². The summed E-state index contributed by atoms with van der Waals surface area (Å²) >= 11 is 0. The molecule has 16 heavy (non-hydrogen) atoms. The molecule has 0 saturated carbocycles. The van der Waals surface area contributed by atoms with Crippen LogP contribution in [0, 0.1) is 0 Å². The Morgan fingerprint density at radius 3 is 1.31 bits per heavy atom. The van der Waals surface area contributed by atoms with Gasteiger partial charge in [-0.2, -0.15) is 10.2 Å². The smallest absolute Gasteiger partial charge is 0.0812 e. The second-order valence-corrected chi connectivity index (χ2v) is 3.50. The van der Waals surface area contributed by atoms with E-state index in [0.717, 1.165) is 11.4 Å². The summed E-state index contributed by atoms with van der Waals surface area (Å²) in [7, 11) is 0. The molecule has 0 aliphatic carbocycles. The molecule has 0 atom stereocenters. The highest BCUT2D eigenvalue weighted by Crippen LogP contribution is 1.94. The van der Waals surface area contributed by atoms with Crippen molar-refractivity contribution >= 4 is 11.4 Å². The van der Waals surface area contributed by atoms with Crippen LogP contribution in [0.25, 0.3) is 0 Å². The van der Waals surface area contributed by atoms with Crippen molar-refractivity contribution in [3.63, 3.8) is 0 Å². The first-order valence-electron chi connectivity index (χ1n) is 5.13. The summed E-state index contributed by atoms with van der Waals surface area (Å²) in [5, 5.41) is 8.78. The van der Waals surface area contributed by atoms with Crippen LogP contribution in [-0.2, 0) is 0 Å². The number of nitrogens with zero attached hydrogens (tertiary/aromatic N) is 4. The Labute approximate surface area is 94.5 Å². The van der Waals surface area contributed by atoms with E-state index in [2.05, 4.69) is 10.2 Å². The fourth-order valence-electron chi connectivity index (χ4n) is 1.28. The second-order valence-electron chi connectivity index (χ2n) is 3.50. The molecule has 2 aromatic rings. The minimum absolute atomic E-state index is 0.893. The van der Waals surface area contributed by atoms with Crippen LogP contribution in [0.5, 0.6) is 0 Å². The average molecular weight is 214 g/mol. The second kappa shape index (κ2) is 4.61. The first-order chi connectivity index (χ1) is 7.75. The van der Waals surface area contributed by atoms with E-state index in [9.17, 15) is 0 Å². The summed E-state index contributed by atoms with van der Waals surface area (Å²) in [6.45, 7) is 3.89. The van der Waals surface area contributed by atoms with Crippen LogP contribution < -0.4 is 0 Å². The minimum atomic E-state index is 0.893. The molecule has 0 amide bonds. The van der Waals surface area contributed by atoms with Crippen molar-refractivity contribution < 1.29 is 0 Å². The number of aromatic nitrogens is 2. The van der Waals surface area contributed by atoms with Crippen LogP contribution in [0.15, 0.2) is 59.3 Å². The summed E-state index contributed by atoms with van der Waals surface area (Å²) < 4.78 is 3.54. The molecule has 0 aliphatic rings. The van der Waals surface area contributed by atoms with Crippen LogP contribution in [0.3, 0.4) is 0 Å². The molecule has 4 heteroatoms. The number of hydrogen-bond donors (Lipinski definition) is 0. The molecular weight excluding hydrogens is 200 g/mol. The van der Waals surface area contributed by atoms with Crippen molar-refractivity contribution in [2.45, 2.75) is 13.8 Å². The molecule has 4 nitrogen and oxygen atoms in total. The van der Waals surface area contributed by atoms with Gasteiger partial charge in [-0.05, 0) is 38.1 Å². The fraction of sp³-hybridized carbons (Fsp3) is 0.167. The molecule has 82 valence electrons. The third-order valence-electron chi connectivity index (χ3n) is 2.23. The highest BCUT2D eigenvalue weighted by molar-refractivity contribution is 6.40. The molecule has 0 aromatic carbocycles. The molecular formula is C12H14N4. The molecule has 0 aliphatic heterocycles. The van der Waals surface area contributed by atoms with Gasteiger partial charge in [0.2, 0.25) is 0 Å². The third kappa shape index (κ3) is 2.48. The van der Waals surface area contributed by atoms with Gasteiger partial charge in [0, 0.05) is 24.8 Å². The first-order valence-corrected chi connectivity index (χ1v) is 5.13. The van der Waals surface area contributed by atoms with Crippen molar-refractivity contribution in [2.75, 3.05) is 0 Å². The first kappa shape index (κ1) is 10.4. The van der Waals surface area contributed by atoms with E-state index in [1.807, 2.05) is 62.9 Å². The SMILES string of the molecule is CC(=N\n1cccc1)/C(C)=N/n1cccc1. The van der Waals surface area contributed by atoms with Crippen molar-refractivity contribution in [1.82, 2.24) is 9.35 Å². The zero-order valence-corrected chi connectivity index (χ0v) is 9.41. The van der Waals surface area contributed by atoms with Gasteiger partial charge in [0.25, 0.3) is 0 Å². The predicted molar refractivity (Wildman–Crippen MR) is 65.9 cm³/mol. The summed E-state index contributed by atoms with van der Waals surface area (Å²) in [6.07, 6.45) is 7.58. The minimum Gasteiger partial charge on any atom is -0.248 e. The molecule has 2 aromatic heterocycles. The Morgan fingerprint density at radius 1 is 0.688 bits per heavy atom. The lowest BCUT2D eigenvalue weighted by Gasteiger charge is -2.01. The molecule has 2 heterocycles. The zero-order valence-electron chi connectivity index (χ0n) is 9.41. The summed E-state index contributed by atoms with van der Waals surface area (Å²) in [6, 6.07) is 7.76. The summed E-state index contributed by atoms with van der Waals surface area (Å²) in [5.74, 6) is 0. The normalized spacial score (nSPS) is 13.1. The molecule has 0 bridgehead atoms. The van der Waals surface area contributed by atoms with E-state index in [1.165, 1.54) is 0 Å². The molecule has 0 radical (unpaired) electrons. The van der Waals surface area contributed by atoms with E-state index < -0.39 is 0 Å². The molecule has 0 N–H and O–H groups in total. The molecule has 0 fully saturated rings. The van der Waals surface area contributed by atoms with Crippen LogP contribution in [0.1, 0.15) is 13.8 Å². The lowest BCUT2D eigenvalue weighted by Crippen LogP contribution is -2.09. The van der Waals surface area contributed by atoms with Crippen molar-refractivity contribution in [1.29, 1.82) is 0 Å². The zero-order chi connectivity index (χ0) is 11.4. The third-order valence-corrected chi connectivity index (χ3v) is 2.23. The van der Waals surface area contributed by atoms with Gasteiger partial charge in [0.15, 0.2) is 0 Å². The maximum Gasteiger partial charge on any atom is 0.0812 e. The van der Waals surface area contributed by atoms with E-state index in [0.29, 0.717) is 0 Å². The van der Waals surface area contributed by atoms with Crippen LogP contribution >= 0.6 is 0 Å². The Balaban J connectivity index is 2.19. The molecule has 2 rings (SSSR count). The number of rotatable bonds is 3. The highest BCUT2D eigenvalue weighted by atomic mass is 15.4. The van der Waals surface area contributed by atoms with E-state index in [4.69, 9.17) is 0 Å². The Kier molecular flexibility index (Phi) is 3.00. The van der Waals surface area contributed by atoms with Gasteiger partial charge in [-0.15, -0.1) is 0 Å². The Morgan fingerprint density at radius 2 is 1.00 bits per heavy atom. The van der Waals surface area contributed by atoms with Gasteiger partial charge in [0.1, 0.15) is 0 Å². The topological polar surface area (TPSA) is 34.6 Å². The van der Waals surface area contributed by atoms with Gasteiger partial charge in [-0.3, -0.25) is 0 Å². The Bertz CT molecular complexity index is 441. The predicted octanol–water partition coefficient (Wildman–Crippen LogP) is 2.44. The van der Waals surface area contributed by atoms with Crippen LogP contribution in [0.4, 0.5) is 0 Å². The van der Waals surface area contributed by atoms with Crippen molar-refractivity contribution in [3.05, 3.63) is 49.1 Å². The van der Waals surface area contributed by atoms with Gasteiger partial charge >= 0.3 is 0 Å². The van der Waals surface area contributed by atoms with Gasteiger partial charge in [-0.25, -0.2) is 9.35 Å². The van der Waals surface area contributed by atoms with E-state index >= 15 is 0 Å². The van der Waals surface area contributed by atoms with Crippen molar-refractivity contribution in [2.24, 2.45) is 10.2 Å². The van der Waals surface area contributed by atoms with Crippen LogP contribution in [-0.4, -0.2) is 20.8 Å². The Hall–Kier alpha value is -2.10. The molecule has 0 saturated heterocycles.